The average Bonchev–Trinajstić information content (AvgIpc) is 2.42. The summed E-state index contributed by atoms with van der Waals surface area (Å²) in [5, 5.41) is 2.72. The van der Waals surface area contributed by atoms with E-state index in [2.05, 4.69) is 10.3 Å². The van der Waals surface area contributed by atoms with Gasteiger partial charge < -0.3 is 5.32 Å². The van der Waals surface area contributed by atoms with Crippen LogP contribution in [0.25, 0.3) is 0 Å². The molecule has 1 aromatic heterocycles. The van der Waals surface area contributed by atoms with Crippen molar-refractivity contribution in [1.82, 2.24) is 4.98 Å². The number of carbonyl (C=O) groups excluding carboxylic acids is 1. The van der Waals surface area contributed by atoms with Crippen molar-refractivity contribution in [3.8, 4) is 0 Å². The van der Waals surface area contributed by atoms with Crippen LogP contribution in [0.15, 0.2) is 42.7 Å². The SMILES string of the molecule is Cc1ccc(F)cc1NC(=O)CCc1cccnc1. The second-order valence-corrected chi connectivity index (χ2v) is 4.37. The van der Waals surface area contributed by atoms with Gasteiger partial charge in [0.05, 0.1) is 0 Å². The Morgan fingerprint density at radius 3 is 2.95 bits per heavy atom. The maximum Gasteiger partial charge on any atom is 0.224 e. The number of halogens is 1. The fourth-order valence-corrected chi connectivity index (χ4v) is 1.75. The van der Waals surface area contributed by atoms with Crippen molar-refractivity contribution >= 4 is 11.6 Å². The largest absolute Gasteiger partial charge is 0.326 e. The van der Waals surface area contributed by atoms with Crippen molar-refractivity contribution in [3.05, 3.63) is 59.7 Å². The first-order chi connectivity index (χ1) is 9.15. The molecule has 0 unspecified atom stereocenters. The minimum Gasteiger partial charge on any atom is -0.326 e. The predicted octanol–water partition coefficient (Wildman–Crippen LogP) is 3.10. The molecule has 0 saturated heterocycles. The molecule has 0 saturated carbocycles. The van der Waals surface area contributed by atoms with Crippen molar-refractivity contribution in [2.45, 2.75) is 19.8 Å². The Kier molecular flexibility index (Phi) is 4.23. The summed E-state index contributed by atoms with van der Waals surface area (Å²) >= 11 is 0. The highest BCUT2D eigenvalue weighted by atomic mass is 19.1. The molecule has 0 aliphatic rings. The number of hydrogen-bond donors (Lipinski definition) is 1. The van der Waals surface area contributed by atoms with Crippen LogP contribution in [0.3, 0.4) is 0 Å². The Bertz CT molecular complexity index is 570. The van der Waals surface area contributed by atoms with E-state index in [9.17, 15) is 9.18 Å². The molecule has 1 amide bonds. The number of pyridine rings is 1. The van der Waals surface area contributed by atoms with Crippen LogP contribution >= 0.6 is 0 Å². The van der Waals surface area contributed by atoms with E-state index >= 15 is 0 Å². The second kappa shape index (κ2) is 6.09. The number of rotatable bonds is 4. The Hall–Kier alpha value is -2.23. The number of carbonyl (C=O) groups is 1. The van der Waals surface area contributed by atoms with Gasteiger partial charge in [-0.1, -0.05) is 12.1 Å². The van der Waals surface area contributed by atoms with Crippen LogP contribution in [0, 0.1) is 12.7 Å². The molecule has 0 radical (unpaired) electrons. The third kappa shape index (κ3) is 3.88. The van der Waals surface area contributed by atoms with E-state index in [0.717, 1.165) is 11.1 Å². The Balaban J connectivity index is 1.93. The van der Waals surface area contributed by atoms with Crippen LogP contribution in [0.1, 0.15) is 17.5 Å². The number of aryl methyl sites for hydroxylation is 2. The number of anilines is 1. The molecule has 0 aliphatic carbocycles. The van der Waals surface area contributed by atoms with E-state index in [1.165, 1.54) is 12.1 Å². The van der Waals surface area contributed by atoms with Gasteiger partial charge in [-0.15, -0.1) is 0 Å². The van der Waals surface area contributed by atoms with Gasteiger partial charge >= 0.3 is 0 Å². The molecule has 4 heteroatoms. The molecule has 98 valence electrons. The van der Waals surface area contributed by atoms with Crippen LogP contribution in [0.2, 0.25) is 0 Å². The summed E-state index contributed by atoms with van der Waals surface area (Å²) in [6.45, 7) is 1.83. The standard InChI is InChI=1S/C15H15FN2O/c1-11-4-6-13(16)9-14(11)18-15(19)7-5-12-3-2-8-17-10-12/h2-4,6,8-10H,5,7H2,1H3,(H,18,19). The molecule has 1 heterocycles. The normalized spacial score (nSPS) is 10.2. The summed E-state index contributed by atoms with van der Waals surface area (Å²) in [5.41, 5.74) is 2.38. The first-order valence-corrected chi connectivity index (χ1v) is 6.10. The van der Waals surface area contributed by atoms with Crippen molar-refractivity contribution in [2.75, 3.05) is 5.32 Å². The first kappa shape index (κ1) is 13.2. The van der Waals surface area contributed by atoms with E-state index in [0.29, 0.717) is 18.5 Å². The zero-order chi connectivity index (χ0) is 13.7. The molecule has 0 aliphatic heterocycles. The Morgan fingerprint density at radius 1 is 1.37 bits per heavy atom. The van der Waals surface area contributed by atoms with Gasteiger partial charge in [0.25, 0.3) is 0 Å². The molecule has 2 aromatic rings. The number of nitrogens with one attached hydrogen (secondary N) is 1. The molecular formula is C15H15FN2O. The molecule has 0 bridgehead atoms. The lowest BCUT2D eigenvalue weighted by atomic mass is 10.1. The highest BCUT2D eigenvalue weighted by Gasteiger charge is 2.06. The molecule has 0 atom stereocenters. The smallest absolute Gasteiger partial charge is 0.224 e. The lowest BCUT2D eigenvalue weighted by molar-refractivity contribution is -0.116. The average molecular weight is 258 g/mol. The molecule has 1 aromatic carbocycles. The summed E-state index contributed by atoms with van der Waals surface area (Å²) in [4.78, 5) is 15.8. The van der Waals surface area contributed by atoms with Crippen molar-refractivity contribution < 1.29 is 9.18 Å². The van der Waals surface area contributed by atoms with Gasteiger partial charge in [0.2, 0.25) is 5.91 Å². The van der Waals surface area contributed by atoms with Crippen LogP contribution in [-0.4, -0.2) is 10.9 Å². The van der Waals surface area contributed by atoms with Crippen LogP contribution in [0.5, 0.6) is 0 Å². The maximum atomic E-state index is 13.1. The van der Waals surface area contributed by atoms with Crippen LogP contribution < -0.4 is 5.32 Å². The minimum absolute atomic E-state index is 0.127. The van der Waals surface area contributed by atoms with Gasteiger partial charge in [0.1, 0.15) is 5.82 Å². The summed E-state index contributed by atoms with van der Waals surface area (Å²) in [6.07, 6.45) is 4.40. The Morgan fingerprint density at radius 2 is 2.21 bits per heavy atom. The highest BCUT2D eigenvalue weighted by Crippen LogP contribution is 2.16. The monoisotopic (exact) mass is 258 g/mol. The van der Waals surface area contributed by atoms with Crippen molar-refractivity contribution in [2.24, 2.45) is 0 Å². The summed E-state index contributed by atoms with van der Waals surface area (Å²) in [6, 6.07) is 8.11. The maximum absolute atomic E-state index is 13.1. The molecule has 19 heavy (non-hydrogen) atoms. The first-order valence-electron chi connectivity index (χ1n) is 6.10. The van der Waals surface area contributed by atoms with Gasteiger partial charge in [0, 0.05) is 24.5 Å². The van der Waals surface area contributed by atoms with Gasteiger partial charge in [-0.3, -0.25) is 9.78 Å². The highest BCUT2D eigenvalue weighted by molar-refractivity contribution is 5.91. The molecule has 0 spiro atoms. The predicted molar refractivity (Wildman–Crippen MR) is 72.3 cm³/mol. The van der Waals surface area contributed by atoms with Gasteiger partial charge in [-0.2, -0.15) is 0 Å². The van der Waals surface area contributed by atoms with Gasteiger partial charge in [-0.25, -0.2) is 4.39 Å². The van der Waals surface area contributed by atoms with E-state index in [4.69, 9.17) is 0 Å². The lowest BCUT2D eigenvalue weighted by Gasteiger charge is -2.08. The van der Waals surface area contributed by atoms with Crippen molar-refractivity contribution in [1.29, 1.82) is 0 Å². The molecule has 0 fully saturated rings. The lowest BCUT2D eigenvalue weighted by Crippen LogP contribution is -2.13. The number of nitrogens with zero attached hydrogens (tertiary/aromatic N) is 1. The molecule has 1 N–H and O–H groups in total. The second-order valence-electron chi connectivity index (χ2n) is 4.37. The van der Waals surface area contributed by atoms with E-state index < -0.39 is 0 Å². The number of amides is 1. The van der Waals surface area contributed by atoms with Crippen molar-refractivity contribution in [3.63, 3.8) is 0 Å². The quantitative estimate of drug-likeness (QED) is 0.915. The fourth-order valence-electron chi connectivity index (χ4n) is 1.75. The van der Waals surface area contributed by atoms with E-state index in [1.807, 2.05) is 19.1 Å². The number of aromatic nitrogens is 1. The minimum atomic E-state index is -0.354. The number of hydrogen-bond acceptors (Lipinski definition) is 2. The van der Waals surface area contributed by atoms with Crippen LogP contribution in [0.4, 0.5) is 10.1 Å². The third-order valence-corrected chi connectivity index (χ3v) is 2.84. The zero-order valence-electron chi connectivity index (χ0n) is 10.7. The van der Waals surface area contributed by atoms with E-state index in [1.54, 1.807) is 18.5 Å². The van der Waals surface area contributed by atoms with Crippen LogP contribution in [-0.2, 0) is 11.2 Å². The molecule has 2 rings (SSSR count). The van der Waals surface area contributed by atoms with Gasteiger partial charge in [-0.05, 0) is 42.7 Å². The topological polar surface area (TPSA) is 42.0 Å². The molecular weight excluding hydrogens is 243 g/mol. The third-order valence-electron chi connectivity index (χ3n) is 2.84. The summed E-state index contributed by atoms with van der Waals surface area (Å²) in [7, 11) is 0. The zero-order valence-corrected chi connectivity index (χ0v) is 10.7. The fraction of sp³-hybridized carbons (Fsp3) is 0.200. The Labute approximate surface area is 111 Å². The number of benzene rings is 1. The van der Waals surface area contributed by atoms with Gasteiger partial charge in [0.15, 0.2) is 0 Å². The summed E-state index contributed by atoms with van der Waals surface area (Å²) in [5.74, 6) is -0.481. The molecule has 3 nitrogen and oxygen atoms in total. The summed E-state index contributed by atoms with van der Waals surface area (Å²) < 4.78 is 13.1. The van der Waals surface area contributed by atoms with E-state index in [-0.39, 0.29) is 11.7 Å².